The maximum Gasteiger partial charge on any atom is 0.256 e. The fourth-order valence-corrected chi connectivity index (χ4v) is 2.31. The Balaban J connectivity index is 2.09. The van der Waals surface area contributed by atoms with Gasteiger partial charge in [-0.25, -0.2) is 0 Å². The Morgan fingerprint density at radius 2 is 2.30 bits per heavy atom. The van der Waals surface area contributed by atoms with Crippen LogP contribution in [0.4, 0.5) is 5.69 Å². The molecule has 0 spiro atoms. The van der Waals surface area contributed by atoms with E-state index in [1.165, 1.54) is 11.3 Å². The number of carbonyl (C=O) groups is 1. The molecule has 2 rings (SSSR count). The number of methoxy groups -OCH3 is 1. The highest BCUT2D eigenvalue weighted by Gasteiger charge is 2.08. The molecule has 0 saturated heterocycles. The Morgan fingerprint density at radius 3 is 3.05 bits per heavy atom. The first-order valence-electron chi connectivity index (χ1n) is 5.86. The van der Waals surface area contributed by atoms with Gasteiger partial charge in [0.05, 0.1) is 17.6 Å². The summed E-state index contributed by atoms with van der Waals surface area (Å²) in [6, 6.07) is 8.85. The molecule has 1 amide bonds. The lowest BCUT2D eigenvalue weighted by Crippen LogP contribution is -2.10. The van der Waals surface area contributed by atoms with Crippen LogP contribution in [0.2, 0.25) is 0 Å². The van der Waals surface area contributed by atoms with Crippen molar-refractivity contribution in [2.45, 2.75) is 0 Å². The van der Waals surface area contributed by atoms with Crippen LogP contribution in [0, 0.1) is 11.8 Å². The van der Waals surface area contributed by atoms with Crippen LogP contribution < -0.4 is 10.1 Å². The first kappa shape index (κ1) is 14.1. The Labute approximate surface area is 121 Å². The molecular weight excluding hydrogens is 274 g/mol. The summed E-state index contributed by atoms with van der Waals surface area (Å²) in [5.41, 5.74) is 1.21. The van der Waals surface area contributed by atoms with Crippen molar-refractivity contribution in [3.63, 3.8) is 0 Å². The van der Waals surface area contributed by atoms with Gasteiger partial charge < -0.3 is 15.2 Å². The topological polar surface area (TPSA) is 58.6 Å². The van der Waals surface area contributed by atoms with Crippen molar-refractivity contribution in [3.05, 3.63) is 46.2 Å². The van der Waals surface area contributed by atoms with Crippen molar-refractivity contribution in [1.29, 1.82) is 0 Å². The number of anilines is 1. The number of carbonyl (C=O) groups excluding carboxylic acids is 1. The lowest BCUT2D eigenvalue weighted by atomic mass is 10.2. The van der Waals surface area contributed by atoms with E-state index >= 15 is 0 Å². The van der Waals surface area contributed by atoms with Gasteiger partial charge >= 0.3 is 0 Å². The van der Waals surface area contributed by atoms with Crippen LogP contribution in [0.25, 0.3) is 0 Å². The number of nitrogens with one attached hydrogen (secondary N) is 1. The lowest BCUT2D eigenvalue weighted by molar-refractivity contribution is 0.102. The molecule has 2 N–H and O–H groups in total. The molecule has 0 saturated carbocycles. The number of benzene rings is 1. The second-order valence-corrected chi connectivity index (χ2v) is 4.76. The predicted molar refractivity (Wildman–Crippen MR) is 79.2 cm³/mol. The number of aliphatic hydroxyl groups is 1. The van der Waals surface area contributed by atoms with E-state index < -0.39 is 0 Å². The third-order valence-electron chi connectivity index (χ3n) is 2.48. The largest absolute Gasteiger partial charge is 0.497 e. The van der Waals surface area contributed by atoms with Gasteiger partial charge in [-0.3, -0.25) is 4.79 Å². The molecule has 0 aliphatic rings. The fraction of sp³-hybridized carbons (Fsp3) is 0.133. The van der Waals surface area contributed by atoms with Gasteiger partial charge in [0.1, 0.15) is 12.4 Å². The van der Waals surface area contributed by atoms with E-state index in [0.717, 1.165) is 4.88 Å². The maximum atomic E-state index is 12.1. The molecule has 2 aromatic rings. The Bertz CT molecular complexity index is 667. The van der Waals surface area contributed by atoms with E-state index in [0.29, 0.717) is 17.0 Å². The Morgan fingerprint density at radius 1 is 1.45 bits per heavy atom. The quantitative estimate of drug-likeness (QED) is 0.852. The van der Waals surface area contributed by atoms with Crippen LogP contribution in [0.3, 0.4) is 0 Å². The van der Waals surface area contributed by atoms with Crippen LogP contribution in [-0.2, 0) is 0 Å². The average molecular weight is 287 g/mol. The van der Waals surface area contributed by atoms with Crippen LogP contribution >= 0.6 is 11.3 Å². The monoisotopic (exact) mass is 287 g/mol. The molecule has 0 bridgehead atoms. The van der Waals surface area contributed by atoms with Crippen LogP contribution in [0.15, 0.2) is 35.7 Å². The van der Waals surface area contributed by atoms with E-state index in [1.54, 1.807) is 36.8 Å². The maximum absolute atomic E-state index is 12.1. The van der Waals surface area contributed by atoms with Crippen molar-refractivity contribution in [2.75, 3.05) is 19.0 Å². The minimum atomic E-state index is -0.202. The van der Waals surface area contributed by atoms with Crippen LogP contribution in [0.1, 0.15) is 15.2 Å². The standard InChI is InChI=1S/C15H13NO3S/c1-19-13-5-2-4-12(9-13)16-15(18)11-8-14(20-10-11)6-3-7-17/h2,4-5,8-10,17H,7H2,1H3,(H,16,18). The first-order chi connectivity index (χ1) is 9.72. The van der Waals surface area contributed by atoms with Crippen LogP contribution in [0.5, 0.6) is 5.75 Å². The van der Waals surface area contributed by atoms with E-state index in [4.69, 9.17) is 9.84 Å². The molecule has 20 heavy (non-hydrogen) atoms. The second kappa shape index (κ2) is 6.75. The molecule has 0 aliphatic carbocycles. The van der Waals surface area contributed by atoms with Crippen molar-refractivity contribution in [1.82, 2.24) is 0 Å². The van der Waals surface area contributed by atoms with E-state index in [9.17, 15) is 4.79 Å². The van der Waals surface area contributed by atoms with Crippen molar-refractivity contribution in [2.24, 2.45) is 0 Å². The highest BCUT2D eigenvalue weighted by Crippen LogP contribution is 2.19. The van der Waals surface area contributed by atoms with Gasteiger partial charge in [0.15, 0.2) is 0 Å². The number of aliphatic hydroxyl groups excluding tert-OH is 1. The molecule has 0 fully saturated rings. The molecule has 5 heteroatoms. The summed E-state index contributed by atoms with van der Waals surface area (Å²) >= 11 is 1.37. The molecule has 1 aromatic carbocycles. The van der Waals surface area contributed by atoms with Gasteiger partial charge in [-0.2, -0.15) is 0 Å². The molecule has 102 valence electrons. The summed E-state index contributed by atoms with van der Waals surface area (Å²) < 4.78 is 5.10. The minimum Gasteiger partial charge on any atom is -0.497 e. The van der Waals surface area contributed by atoms with Gasteiger partial charge in [0, 0.05) is 17.1 Å². The summed E-state index contributed by atoms with van der Waals surface area (Å²) in [5, 5.41) is 13.2. The van der Waals surface area contributed by atoms with Gasteiger partial charge in [-0.05, 0) is 18.2 Å². The lowest BCUT2D eigenvalue weighted by Gasteiger charge is -2.05. The van der Waals surface area contributed by atoms with Crippen molar-refractivity contribution in [3.8, 4) is 17.6 Å². The summed E-state index contributed by atoms with van der Waals surface area (Å²) in [7, 11) is 1.58. The van der Waals surface area contributed by atoms with Crippen molar-refractivity contribution >= 4 is 22.9 Å². The zero-order valence-electron chi connectivity index (χ0n) is 10.8. The number of rotatable bonds is 3. The first-order valence-corrected chi connectivity index (χ1v) is 6.74. The molecular formula is C15H13NO3S. The smallest absolute Gasteiger partial charge is 0.256 e. The van der Waals surface area contributed by atoms with Crippen molar-refractivity contribution < 1.29 is 14.6 Å². The summed E-state index contributed by atoms with van der Waals surface area (Å²) in [4.78, 5) is 12.8. The Hall–Kier alpha value is -2.29. The number of hydrogen-bond acceptors (Lipinski definition) is 4. The average Bonchev–Trinajstić information content (AvgIpc) is 2.94. The highest BCUT2D eigenvalue weighted by atomic mass is 32.1. The van der Waals surface area contributed by atoms with Gasteiger partial charge in [-0.1, -0.05) is 17.9 Å². The third-order valence-corrected chi connectivity index (χ3v) is 3.33. The van der Waals surface area contributed by atoms with E-state index in [1.807, 2.05) is 6.07 Å². The summed E-state index contributed by atoms with van der Waals surface area (Å²) in [6.45, 7) is -0.191. The summed E-state index contributed by atoms with van der Waals surface area (Å²) in [6.07, 6.45) is 0. The van der Waals surface area contributed by atoms with Gasteiger partial charge in [-0.15, -0.1) is 11.3 Å². The SMILES string of the molecule is COc1cccc(NC(=O)c2csc(C#CCO)c2)c1. The summed E-state index contributed by atoms with van der Waals surface area (Å²) in [5.74, 6) is 5.80. The number of thiophene rings is 1. The molecule has 0 radical (unpaired) electrons. The van der Waals surface area contributed by atoms with Gasteiger partial charge in [0.25, 0.3) is 5.91 Å². The van der Waals surface area contributed by atoms with E-state index in [-0.39, 0.29) is 12.5 Å². The fourth-order valence-electron chi connectivity index (χ4n) is 1.55. The molecule has 0 unspecified atom stereocenters. The predicted octanol–water partition coefficient (Wildman–Crippen LogP) is 2.35. The number of hydrogen-bond donors (Lipinski definition) is 2. The normalized spacial score (nSPS) is 9.50. The van der Waals surface area contributed by atoms with Crippen LogP contribution in [-0.4, -0.2) is 24.7 Å². The van der Waals surface area contributed by atoms with Gasteiger partial charge in [0.2, 0.25) is 0 Å². The highest BCUT2D eigenvalue weighted by molar-refractivity contribution is 7.10. The Kier molecular flexibility index (Phi) is 4.77. The molecule has 0 atom stereocenters. The zero-order valence-corrected chi connectivity index (χ0v) is 11.7. The second-order valence-electron chi connectivity index (χ2n) is 3.85. The molecule has 1 aromatic heterocycles. The third kappa shape index (κ3) is 3.60. The zero-order chi connectivity index (χ0) is 14.4. The minimum absolute atomic E-state index is 0.191. The van der Waals surface area contributed by atoms with E-state index in [2.05, 4.69) is 17.2 Å². The molecule has 1 heterocycles. The molecule has 4 nitrogen and oxygen atoms in total. The molecule has 0 aliphatic heterocycles. The number of amides is 1. The number of ether oxygens (including phenoxy) is 1.